The van der Waals surface area contributed by atoms with Gasteiger partial charge in [0.25, 0.3) is 0 Å². The number of piperidine rings is 1. The van der Waals surface area contributed by atoms with E-state index in [1.807, 2.05) is 36.9 Å². The fourth-order valence-electron chi connectivity index (χ4n) is 4.09. The van der Waals surface area contributed by atoms with Crippen LogP contribution in [0, 0.1) is 19.8 Å². The first-order chi connectivity index (χ1) is 13.2. The number of carboxylic acids is 1. The molecule has 2 aromatic carbocycles. The maximum atomic E-state index is 13.7. The fraction of sp³-hybridized carbons (Fsp3) is 0.409. The van der Waals surface area contributed by atoms with Crippen LogP contribution in [0.2, 0.25) is 0 Å². The zero-order valence-electron chi connectivity index (χ0n) is 16.0. The second kappa shape index (κ2) is 7.95. The molecule has 0 aromatic heterocycles. The van der Waals surface area contributed by atoms with E-state index < -0.39 is 29.7 Å². The smallest absolute Gasteiger partial charge is 0.416 e. The summed E-state index contributed by atoms with van der Waals surface area (Å²) in [5.74, 6) is -1.27. The fourth-order valence-corrected chi connectivity index (χ4v) is 4.09. The molecule has 2 aromatic rings. The Kier molecular flexibility index (Phi) is 5.79. The molecule has 1 unspecified atom stereocenters. The van der Waals surface area contributed by atoms with Gasteiger partial charge in [-0.1, -0.05) is 42.0 Å². The van der Waals surface area contributed by atoms with Crippen LogP contribution in [0.3, 0.4) is 0 Å². The Bertz CT molecular complexity index is 855. The van der Waals surface area contributed by atoms with E-state index in [4.69, 9.17) is 0 Å². The average Bonchev–Trinajstić information content (AvgIpc) is 2.64. The summed E-state index contributed by atoms with van der Waals surface area (Å²) >= 11 is 0. The lowest BCUT2D eigenvalue weighted by atomic mass is 9.87. The van der Waals surface area contributed by atoms with Gasteiger partial charge in [0.1, 0.15) is 0 Å². The number of hydrogen-bond acceptors (Lipinski definition) is 2. The largest absolute Gasteiger partial charge is 0.481 e. The number of hydrogen-bond donors (Lipinski definition) is 1. The monoisotopic (exact) mass is 391 g/mol. The summed E-state index contributed by atoms with van der Waals surface area (Å²) < 4.78 is 41.2. The number of carboxylic acid groups (broad SMARTS) is 1. The summed E-state index contributed by atoms with van der Waals surface area (Å²) in [5.41, 5.74) is 2.39. The van der Waals surface area contributed by atoms with Gasteiger partial charge in [-0.3, -0.25) is 9.69 Å². The third kappa shape index (κ3) is 4.22. The van der Waals surface area contributed by atoms with Crippen molar-refractivity contribution >= 4 is 5.97 Å². The molecule has 1 atom stereocenters. The van der Waals surface area contributed by atoms with E-state index in [9.17, 15) is 23.1 Å². The minimum Gasteiger partial charge on any atom is -0.481 e. The molecular weight excluding hydrogens is 367 g/mol. The Morgan fingerprint density at radius 3 is 2.29 bits per heavy atom. The topological polar surface area (TPSA) is 40.5 Å². The van der Waals surface area contributed by atoms with Crippen molar-refractivity contribution in [1.29, 1.82) is 0 Å². The number of rotatable bonds is 4. The van der Waals surface area contributed by atoms with Crippen LogP contribution in [-0.4, -0.2) is 29.1 Å². The van der Waals surface area contributed by atoms with Gasteiger partial charge in [-0.15, -0.1) is 0 Å². The first-order valence-electron chi connectivity index (χ1n) is 9.38. The van der Waals surface area contributed by atoms with E-state index in [1.165, 1.54) is 12.1 Å². The molecule has 1 aliphatic rings. The molecule has 6 heteroatoms. The molecule has 0 spiro atoms. The lowest BCUT2D eigenvalue weighted by molar-refractivity contribution is -0.143. The molecule has 1 aliphatic heterocycles. The van der Waals surface area contributed by atoms with Crippen molar-refractivity contribution in [3.63, 3.8) is 0 Å². The van der Waals surface area contributed by atoms with Crippen LogP contribution in [0.4, 0.5) is 13.2 Å². The van der Waals surface area contributed by atoms with Crippen LogP contribution >= 0.6 is 0 Å². The predicted molar refractivity (Wildman–Crippen MR) is 101 cm³/mol. The van der Waals surface area contributed by atoms with Gasteiger partial charge in [0.05, 0.1) is 17.5 Å². The van der Waals surface area contributed by atoms with E-state index in [0.717, 1.165) is 22.8 Å². The van der Waals surface area contributed by atoms with Gasteiger partial charge in [0, 0.05) is 0 Å². The number of benzene rings is 2. The predicted octanol–water partition coefficient (Wildman–Crippen LogP) is 5.21. The Balaban J connectivity index is 2.08. The lowest BCUT2D eigenvalue weighted by Gasteiger charge is -2.38. The van der Waals surface area contributed by atoms with Crippen LogP contribution < -0.4 is 0 Å². The lowest BCUT2D eigenvalue weighted by Crippen LogP contribution is -2.40. The molecule has 0 saturated carbocycles. The zero-order valence-corrected chi connectivity index (χ0v) is 16.0. The first kappa shape index (κ1) is 20.4. The molecule has 0 amide bonds. The normalized spacial score (nSPS) is 17.5. The highest BCUT2D eigenvalue weighted by Gasteiger charge is 2.38. The molecule has 1 fully saturated rings. The third-order valence-corrected chi connectivity index (χ3v) is 5.52. The summed E-state index contributed by atoms with van der Waals surface area (Å²) in [7, 11) is 0. The molecule has 1 N–H and O–H groups in total. The van der Waals surface area contributed by atoms with Gasteiger partial charge in [-0.25, -0.2) is 0 Å². The highest BCUT2D eigenvalue weighted by molar-refractivity contribution is 5.70. The van der Waals surface area contributed by atoms with Gasteiger partial charge in [0.2, 0.25) is 0 Å². The minimum atomic E-state index is -4.45. The van der Waals surface area contributed by atoms with Crippen LogP contribution in [0.5, 0.6) is 0 Å². The quantitative estimate of drug-likeness (QED) is 0.778. The number of nitrogens with zero attached hydrogens (tertiary/aromatic N) is 1. The van der Waals surface area contributed by atoms with Crippen LogP contribution in [0.1, 0.15) is 46.7 Å². The highest BCUT2D eigenvalue weighted by Crippen LogP contribution is 2.41. The van der Waals surface area contributed by atoms with Gasteiger partial charge in [0.15, 0.2) is 0 Å². The molecule has 150 valence electrons. The SMILES string of the molecule is Cc1ccc(C(c2ccccc2C(F)(F)F)N2CCC(C(=O)O)CC2)c(C)c1. The summed E-state index contributed by atoms with van der Waals surface area (Å²) in [4.78, 5) is 13.3. The summed E-state index contributed by atoms with van der Waals surface area (Å²) in [5, 5.41) is 9.26. The average molecular weight is 391 g/mol. The molecule has 3 rings (SSSR count). The summed E-state index contributed by atoms with van der Waals surface area (Å²) in [6.45, 7) is 4.76. The molecule has 1 heterocycles. The minimum absolute atomic E-state index is 0.218. The second-order valence-electron chi connectivity index (χ2n) is 7.50. The van der Waals surface area contributed by atoms with Gasteiger partial charge in [-0.05, 0) is 62.5 Å². The first-order valence-corrected chi connectivity index (χ1v) is 9.38. The van der Waals surface area contributed by atoms with Gasteiger partial charge >= 0.3 is 12.1 Å². The molecule has 0 radical (unpaired) electrons. The van der Waals surface area contributed by atoms with Gasteiger partial charge in [-0.2, -0.15) is 13.2 Å². The van der Waals surface area contributed by atoms with E-state index >= 15 is 0 Å². The highest BCUT2D eigenvalue weighted by atomic mass is 19.4. The number of carbonyl (C=O) groups is 1. The number of aryl methyl sites for hydroxylation is 2. The van der Waals surface area contributed by atoms with Crippen molar-refractivity contribution in [3.05, 3.63) is 70.3 Å². The van der Waals surface area contributed by atoms with Crippen molar-refractivity contribution in [2.75, 3.05) is 13.1 Å². The van der Waals surface area contributed by atoms with E-state index in [2.05, 4.69) is 0 Å². The van der Waals surface area contributed by atoms with E-state index in [1.54, 1.807) is 6.07 Å². The Labute approximate surface area is 162 Å². The number of alkyl halides is 3. The molecule has 0 bridgehead atoms. The number of aliphatic carboxylic acids is 1. The van der Waals surface area contributed by atoms with Crippen LogP contribution in [0.15, 0.2) is 42.5 Å². The molecular formula is C22H24F3NO2. The van der Waals surface area contributed by atoms with Crippen molar-refractivity contribution in [2.24, 2.45) is 5.92 Å². The second-order valence-corrected chi connectivity index (χ2v) is 7.50. The molecule has 3 nitrogen and oxygen atoms in total. The Morgan fingerprint density at radius 1 is 1.07 bits per heavy atom. The standard InChI is InChI=1S/C22H24F3NO2/c1-14-7-8-17(15(2)13-14)20(26-11-9-16(10-12-26)21(27)28)18-5-3-4-6-19(18)22(23,24)25/h3-8,13,16,20H,9-12H2,1-2H3,(H,27,28). The zero-order chi connectivity index (χ0) is 20.5. The van der Waals surface area contributed by atoms with Crippen molar-refractivity contribution < 1.29 is 23.1 Å². The summed E-state index contributed by atoms with van der Waals surface area (Å²) in [6, 6.07) is 10.9. The molecule has 0 aliphatic carbocycles. The number of likely N-dealkylation sites (tertiary alicyclic amines) is 1. The van der Waals surface area contributed by atoms with Crippen molar-refractivity contribution in [2.45, 2.75) is 38.9 Å². The molecule has 1 saturated heterocycles. The van der Waals surface area contributed by atoms with E-state index in [-0.39, 0.29) is 5.56 Å². The van der Waals surface area contributed by atoms with E-state index in [0.29, 0.717) is 25.9 Å². The maximum absolute atomic E-state index is 13.7. The summed E-state index contributed by atoms with van der Waals surface area (Å²) in [6.07, 6.45) is -3.58. The third-order valence-electron chi connectivity index (χ3n) is 5.52. The van der Waals surface area contributed by atoms with Crippen molar-refractivity contribution in [1.82, 2.24) is 4.90 Å². The van der Waals surface area contributed by atoms with Crippen molar-refractivity contribution in [3.8, 4) is 0 Å². The number of halogens is 3. The van der Waals surface area contributed by atoms with Crippen LogP contribution in [-0.2, 0) is 11.0 Å². The van der Waals surface area contributed by atoms with Crippen LogP contribution in [0.25, 0.3) is 0 Å². The maximum Gasteiger partial charge on any atom is 0.416 e. The van der Waals surface area contributed by atoms with Gasteiger partial charge < -0.3 is 5.11 Å². The molecule has 28 heavy (non-hydrogen) atoms. The Hall–Kier alpha value is -2.34. The Morgan fingerprint density at radius 2 is 1.71 bits per heavy atom.